The van der Waals surface area contributed by atoms with E-state index in [0.29, 0.717) is 37.4 Å². The van der Waals surface area contributed by atoms with E-state index in [1.807, 2.05) is 0 Å². The molecule has 1 aromatic rings. The van der Waals surface area contributed by atoms with Crippen LogP contribution in [0.15, 0.2) is 24.3 Å². The zero-order chi connectivity index (χ0) is 16.2. The fourth-order valence-electron chi connectivity index (χ4n) is 2.64. The SMILES string of the molecule is COc1ccccc1C(=O)NC[C@@H]1CCN(CC(F)(F)F)C1. The fourth-order valence-corrected chi connectivity index (χ4v) is 2.64. The molecule has 22 heavy (non-hydrogen) atoms. The van der Waals surface area contributed by atoms with Crippen molar-refractivity contribution in [1.82, 2.24) is 10.2 Å². The van der Waals surface area contributed by atoms with Crippen LogP contribution in [0.5, 0.6) is 5.75 Å². The lowest BCUT2D eigenvalue weighted by Crippen LogP contribution is -2.34. The maximum atomic E-state index is 12.3. The third kappa shape index (κ3) is 4.62. The Hall–Kier alpha value is -1.76. The summed E-state index contributed by atoms with van der Waals surface area (Å²) in [6.07, 6.45) is -3.52. The maximum absolute atomic E-state index is 12.3. The summed E-state index contributed by atoms with van der Waals surface area (Å²) in [6.45, 7) is 0.246. The number of likely N-dealkylation sites (tertiary alicyclic amines) is 1. The minimum Gasteiger partial charge on any atom is -0.496 e. The van der Waals surface area contributed by atoms with Crippen molar-refractivity contribution in [2.75, 3.05) is 33.3 Å². The van der Waals surface area contributed by atoms with Gasteiger partial charge >= 0.3 is 6.18 Å². The molecule has 7 heteroatoms. The minimum absolute atomic E-state index is 0.0426. The molecule has 0 aliphatic carbocycles. The van der Waals surface area contributed by atoms with Crippen molar-refractivity contribution in [3.63, 3.8) is 0 Å². The molecule has 1 heterocycles. The van der Waals surface area contributed by atoms with Crippen molar-refractivity contribution in [2.24, 2.45) is 5.92 Å². The van der Waals surface area contributed by atoms with Crippen molar-refractivity contribution in [3.05, 3.63) is 29.8 Å². The standard InChI is InChI=1S/C15H19F3N2O2/c1-22-13-5-3-2-4-12(13)14(21)19-8-11-6-7-20(9-11)10-15(16,17)18/h2-5,11H,6-10H2,1H3,(H,19,21)/t11-/m0/s1. The number of hydrogen-bond acceptors (Lipinski definition) is 3. The number of para-hydroxylation sites is 1. The minimum atomic E-state index is -4.17. The van der Waals surface area contributed by atoms with E-state index in [0.717, 1.165) is 0 Å². The number of carbonyl (C=O) groups is 1. The van der Waals surface area contributed by atoms with Crippen LogP contribution in [-0.4, -0.2) is 50.3 Å². The van der Waals surface area contributed by atoms with Crippen LogP contribution < -0.4 is 10.1 Å². The third-order valence-electron chi connectivity index (χ3n) is 3.68. The van der Waals surface area contributed by atoms with Crippen molar-refractivity contribution >= 4 is 5.91 Å². The van der Waals surface area contributed by atoms with E-state index in [1.54, 1.807) is 24.3 Å². The summed E-state index contributed by atoms with van der Waals surface area (Å²) in [5.41, 5.74) is 0.426. The maximum Gasteiger partial charge on any atom is 0.401 e. The second-order valence-electron chi connectivity index (χ2n) is 5.42. The molecule has 0 radical (unpaired) electrons. The van der Waals surface area contributed by atoms with Gasteiger partial charge in [0.2, 0.25) is 0 Å². The Balaban J connectivity index is 1.82. The number of methoxy groups -OCH3 is 1. The van der Waals surface area contributed by atoms with E-state index < -0.39 is 12.7 Å². The van der Waals surface area contributed by atoms with Crippen molar-refractivity contribution in [2.45, 2.75) is 12.6 Å². The Morgan fingerprint density at radius 1 is 1.41 bits per heavy atom. The van der Waals surface area contributed by atoms with Crippen molar-refractivity contribution in [1.29, 1.82) is 0 Å². The van der Waals surface area contributed by atoms with Crippen LogP contribution in [0.2, 0.25) is 0 Å². The lowest BCUT2D eigenvalue weighted by molar-refractivity contribution is -0.143. The second-order valence-corrected chi connectivity index (χ2v) is 5.42. The van der Waals surface area contributed by atoms with E-state index in [9.17, 15) is 18.0 Å². The number of rotatable bonds is 5. The highest BCUT2D eigenvalue weighted by molar-refractivity contribution is 5.96. The number of nitrogens with zero attached hydrogens (tertiary/aromatic N) is 1. The molecule has 1 saturated heterocycles. The molecular formula is C15H19F3N2O2. The van der Waals surface area contributed by atoms with Crippen LogP contribution in [0, 0.1) is 5.92 Å². The van der Waals surface area contributed by atoms with Crippen LogP contribution in [0.3, 0.4) is 0 Å². The monoisotopic (exact) mass is 316 g/mol. The Kier molecular flexibility index (Phi) is 5.28. The molecule has 1 aliphatic rings. The molecule has 1 aromatic carbocycles. The molecule has 1 atom stereocenters. The smallest absolute Gasteiger partial charge is 0.401 e. The average molecular weight is 316 g/mol. The van der Waals surface area contributed by atoms with Crippen LogP contribution >= 0.6 is 0 Å². The predicted octanol–water partition coefficient (Wildman–Crippen LogP) is 2.31. The van der Waals surface area contributed by atoms with Crippen LogP contribution in [0.1, 0.15) is 16.8 Å². The Bertz CT molecular complexity index is 520. The van der Waals surface area contributed by atoms with Gasteiger partial charge in [-0.05, 0) is 31.0 Å². The summed E-state index contributed by atoms with van der Waals surface area (Å²) in [7, 11) is 1.48. The lowest BCUT2D eigenvalue weighted by Gasteiger charge is -2.18. The highest BCUT2D eigenvalue weighted by Gasteiger charge is 2.34. The Morgan fingerprint density at radius 2 is 2.14 bits per heavy atom. The van der Waals surface area contributed by atoms with E-state index >= 15 is 0 Å². The molecule has 0 aromatic heterocycles. The third-order valence-corrected chi connectivity index (χ3v) is 3.68. The summed E-state index contributed by atoms with van der Waals surface area (Å²) >= 11 is 0. The molecule has 2 rings (SSSR count). The van der Waals surface area contributed by atoms with Gasteiger partial charge in [0.05, 0.1) is 19.2 Å². The van der Waals surface area contributed by atoms with Crippen molar-refractivity contribution in [3.8, 4) is 5.75 Å². The second kappa shape index (κ2) is 7.00. The number of benzene rings is 1. The summed E-state index contributed by atoms with van der Waals surface area (Å²) in [5.74, 6) is 0.248. The highest BCUT2D eigenvalue weighted by Crippen LogP contribution is 2.23. The zero-order valence-electron chi connectivity index (χ0n) is 12.3. The first-order valence-electron chi connectivity index (χ1n) is 7.09. The quantitative estimate of drug-likeness (QED) is 0.906. The van der Waals surface area contributed by atoms with E-state index in [2.05, 4.69) is 5.32 Å². The van der Waals surface area contributed by atoms with E-state index in [-0.39, 0.29) is 11.8 Å². The molecule has 1 fully saturated rings. The van der Waals surface area contributed by atoms with Gasteiger partial charge < -0.3 is 10.1 Å². The molecular weight excluding hydrogens is 297 g/mol. The number of ether oxygens (including phenoxy) is 1. The van der Waals surface area contributed by atoms with Crippen LogP contribution in [0.4, 0.5) is 13.2 Å². The van der Waals surface area contributed by atoms with Gasteiger partial charge in [-0.15, -0.1) is 0 Å². The molecule has 4 nitrogen and oxygen atoms in total. The molecule has 0 bridgehead atoms. The highest BCUT2D eigenvalue weighted by atomic mass is 19.4. The zero-order valence-corrected chi connectivity index (χ0v) is 12.3. The molecule has 0 spiro atoms. The van der Waals surface area contributed by atoms with E-state index in [1.165, 1.54) is 12.0 Å². The number of alkyl halides is 3. The van der Waals surface area contributed by atoms with Gasteiger partial charge in [0.15, 0.2) is 0 Å². The molecule has 122 valence electrons. The molecule has 1 aliphatic heterocycles. The van der Waals surface area contributed by atoms with Crippen molar-refractivity contribution < 1.29 is 22.7 Å². The molecule has 0 saturated carbocycles. The van der Waals surface area contributed by atoms with Gasteiger partial charge in [-0.25, -0.2) is 0 Å². The normalized spacial score (nSPS) is 19.2. The summed E-state index contributed by atoms with van der Waals surface area (Å²) in [4.78, 5) is 13.5. The van der Waals surface area contributed by atoms with Crippen LogP contribution in [-0.2, 0) is 0 Å². The summed E-state index contributed by atoms with van der Waals surface area (Å²) < 4.78 is 42.1. The lowest BCUT2D eigenvalue weighted by atomic mass is 10.1. The Morgan fingerprint density at radius 3 is 2.82 bits per heavy atom. The average Bonchev–Trinajstić information content (AvgIpc) is 2.90. The number of hydrogen-bond donors (Lipinski definition) is 1. The molecule has 1 amide bonds. The number of amides is 1. The van der Waals surface area contributed by atoms with Gasteiger partial charge in [0, 0.05) is 13.1 Å². The van der Waals surface area contributed by atoms with Gasteiger partial charge in [0.1, 0.15) is 5.75 Å². The summed E-state index contributed by atoms with van der Waals surface area (Å²) in [6, 6.07) is 6.84. The number of nitrogens with one attached hydrogen (secondary N) is 1. The summed E-state index contributed by atoms with van der Waals surface area (Å²) in [5, 5.41) is 2.77. The Labute approximate surface area is 127 Å². The number of carbonyl (C=O) groups excluding carboxylic acids is 1. The number of halogens is 3. The predicted molar refractivity (Wildman–Crippen MR) is 75.9 cm³/mol. The van der Waals surface area contributed by atoms with Gasteiger partial charge in [0.25, 0.3) is 5.91 Å². The van der Waals surface area contributed by atoms with Gasteiger partial charge in [-0.3, -0.25) is 9.69 Å². The van der Waals surface area contributed by atoms with Gasteiger partial charge in [-0.1, -0.05) is 12.1 Å². The first-order chi connectivity index (χ1) is 10.4. The van der Waals surface area contributed by atoms with Crippen LogP contribution in [0.25, 0.3) is 0 Å². The fraction of sp³-hybridized carbons (Fsp3) is 0.533. The first-order valence-corrected chi connectivity index (χ1v) is 7.09. The van der Waals surface area contributed by atoms with Gasteiger partial charge in [-0.2, -0.15) is 13.2 Å². The molecule has 0 unspecified atom stereocenters. The topological polar surface area (TPSA) is 41.6 Å². The van der Waals surface area contributed by atoms with E-state index in [4.69, 9.17) is 4.74 Å². The largest absolute Gasteiger partial charge is 0.496 e. The molecule has 1 N–H and O–H groups in total. The first kappa shape index (κ1) is 16.6.